The quantitative estimate of drug-likeness (QED) is 0.0239. The number of carboxylic acid groups (broad SMARTS) is 1. The fourth-order valence-electron chi connectivity index (χ4n) is 5.23. The van der Waals surface area contributed by atoms with E-state index in [4.69, 9.17) is 24.8 Å². The molecule has 1 unspecified atom stereocenters. The Bertz CT molecular complexity index is 974. The predicted molar refractivity (Wildman–Crippen MR) is 203 cm³/mol. The summed E-state index contributed by atoms with van der Waals surface area (Å²) in [6, 6.07) is -1.52. The maximum Gasteiger partial charge on any atom is 0.472 e. The van der Waals surface area contributed by atoms with Gasteiger partial charge in [0.25, 0.3) is 0 Å². The molecule has 0 rings (SSSR count). The number of unbranched alkanes of at least 4 members (excludes halogenated alkanes) is 19. The van der Waals surface area contributed by atoms with E-state index in [1.165, 1.54) is 57.8 Å². The molecule has 0 aromatic rings. The number of phosphoric acid groups is 1. The topological polar surface area (TPSA) is 172 Å². The monoisotopic (exact) mass is 745 g/mol. The normalized spacial score (nSPS) is 14.1. The third-order valence-corrected chi connectivity index (χ3v) is 9.37. The van der Waals surface area contributed by atoms with Crippen molar-refractivity contribution in [2.45, 2.75) is 187 Å². The van der Waals surface area contributed by atoms with Crippen molar-refractivity contribution in [3.63, 3.8) is 0 Å². The highest BCUT2D eigenvalue weighted by atomic mass is 31.2. The number of allylic oxidation sites excluding steroid dienone is 4. The number of nitrogens with two attached hydrogens (primary N) is 1. The van der Waals surface area contributed by atoms with Crippen LogP contribution in [0, 0.1) is 0 Å². The molecule has 3 atom stereocenters. The molecule has 298 valence electrons. The van der Waals surface area contributed by atoms with E-state index in [2.05, 4.69) is 42.7 Å². The lowest BCUT2D eigenvalue weighted by Gasteiger charge is -2.20. The van der Waals surface area contributed by atoms with Crippen LogP contribution in [-0.2, 0) is 37.5 Å². The summed E-state index contributed by atoms with van der Waals surface area (Å²) in [6.45, 7) is 2.74. The van der Waals surface area contributed by atoms with Gasteiger partial charge in [0, 0.05) is 12.8 Å². The summed E-state index contributed by atoms with van der Waals surface area (Å²) in [7, 11) is -4.71. The van der Waals surface area contributed by atoms with Crippen LogP contribution < -0.4 is 5.73 Å². The highest BCUT2D eigenvalue weighted by Crippen LogP contribution is 2.43. The third kappa shape index (κ3) is 34.8. The number of aliphatic carboxylic acids is 1. The fraction of sp³-hybridized carbons (Fsp3) is 0.821. The molecule has 0 amide bonds. The summed E-state index contributed by atoms with van der Waals surface area (Å²) in [6.07, 6.45) is 33.9. The van der Waals surface area contributed by atoms with E-state index in [0.29, 0.717) is 12.8 Å². The predicted octanol–water partition coefficient (Wildman–Crippen LogP) is 9.89. The largest absolute Gasteiger partial charge is 0.480 e. The summed E-state index contributed by atoms with van der Waals surface area (Å²) in [4.78, 5) is 45.8. The molecule has 0 saturated carbocycles. The van der Waals surface area contributed by atoms with Crippen LogP contribution in [0.2, 0.25) is 0 Å². The first-order valence-electron chi connectivity index (χ1n) is 19.9. The molecule has 11 nitrogen and oxygen atoms in total. The van der Waals surface area contributed by atoms with Crippen LogP contribution in [0.3, 0.4) is 0 Å². The van der Waals surface area contributed by atoms with Crippen LogP contribution in [0.25, 0.3) is 0 Å². The fourth-order valence-corrected chi connectivity index (χ4v) is 6.01. The van der Waals surface area contributed by atoms with Crippen LogP contribution in [0.5, 0.6) is 0 Å². The van der Waals surface area contributed by atoms with Gasteiger partial charge in [-0.1, -0.05) is 122 Å². The van der Waals surface area contributed by atoms with Gasteiger partial charge in [-0.15, -0.1) is 0 Å². The summed E-state index contributed by atoms with van der Waals surface area (Å²) in [5, 5.41) is 8.86. The molecular formula is C39H72NO10P. The second-order valence-electron chi connectivity index (χ2n) is 13.4. The van der Waals surface area contributed by atoms with Crippen molar-refractivity contribution < 1.29 is 47.5 Å². The molecule has 12 heteroatoms. The van der Waals surface area contributed by atoms with Crippen molar-refractivity contribution >= 4 is 25.7 Å². The van der Waals surface area contributed by atoms with Gasteiger partial charge < -0.3 is 25.2 Å². The van der Waals surface area contributed by atoms with Crippen molar-refractivity contribution in [2.75, 3.05) is 19.8 Å². The highest BCUT2D eigenvalue weighted by Gasteiger charge is 2.28. The smallest absolute Gasteiger partial charge is 0.472 e. The molecule has 0 aliphatic carbocycles. The number of carbonyl (C=O) groups is 3. The Morgan fingerprint density at radius 3 is 1.47 bits per heavy atom. The van der Waals surface area contributed by atoms with E-state index < -0.39 is 51.1 Å². The van der Waals surface area contributed by atoms with Crippen LogP contribution in [0.15, 0.2) is 24.3 Å². The molecule has 0 spiro atoms. The molecule has 0 saturated heterocycles. The van der Waals surface area contributed by atoms with Crippen LogP contribution >= 0.6 is 7.82 Å². The summed E-state index contributed by atoms with van der Waals surface area (Å²) in [5.41, 5.74) is 5.32. The Hall–Kier alpha value is -2.04. The number of esters is 2. The average Bonchev–Trinajstić information content (AvgIpc) is 3.10. The number of carboxylic acids is 1. The van der Waals surface area contributed by atoms with Crippen molar-refractivity contribution in [2.24, 2.45) is 5.73 Å². The Labute approximate surface area is 309 Å². The van der Waals surface area contributed by atoms with Gasteiger partial charge in [-0.05, 0) is 64.2 Å². The molecule has 0 aromatic carbocycles. The van der Waals surface area contributed by atoms with Gasteiger partial charge in [0.2, 0.25) is 0 Å². The molecule has 0 fully saturated rings. The number of rotatable bonds is 37. The van der Waals surface area contributed by atoms with Gasteiger partial charge in [0.1, 0.15) is 12.6 Å². The molecule has 0 aliphatic heterocycles. The van der Waals surface area contributed by atoms with Crippen LogP contribution in [0.4, 0.5) is 0 Å². The Morgan fingerprint density at radius 2 is 0.980 bits per heavy atom. The lowest BCUT2D eigenvalue weighted by molar-refractivity contribution is -0.161. The number of ether oxygens (including phenoxy) is 2. The second kappa shape index (κ2) is 35.0. The molecule has 4 N–H and O–H groups in total. The standard InChI is InChI=1S/C39H72NO10P/c1-3-5-7-9-11-13-15-17-18-19-21-22-24-26-28-30-37(41)47-32-35(33-48-51(45,46)49-34-36(40)39(43)44)50-38(42)31-29-27-25-23-20-16-14-12-10-8-6-4-2/h12,14,17-18,35-36H,3-11,13,15-16,19-34,40H2,1-2H3,(H,43,44)(H,45,46)/b14-12+,18-17+/t35-,36+/m1/s1. The van der Waals surface area contributed by atoms with Gasteiger partial charge in [0.05, 0.1) is 13.2 Å². The zero-order chi connectivity index (χ0) is 37.8. The second-order valence-corrected chi connectivity index (χ2v) is 14.9. The van der Waals surface area contributed by atoms with E-state index >= 15 is 0 Å². The van der Waals surface area contributed by atoms with Crippen molar-refractivity contribution in [3.8, 4) is 0 Å². The molecule has 0 heterocycles. The molecule has 0 aromatic heterocycles. The minimum absolute atomic E-state index is 0.150. The number of hydrogen-bond donors (Lipinski definition) is 3. The Balaban J connectivity index is 4.43. The minimum Gasteiger partial charge on any atom is -0.480 e. The average molecular weight is 746 g/mol. The van der Waals surface area contributed by atoms with E-state index in [0.717, 1.165) is 77.0 Å². The first-order chi connectivity index (χ1) is 24.6. The first-order valence-corrected chi connectivity index (χ1v) is 21.4. The summed E-state index contributed by atoms with van der Waals surface area (Å²) < 4.78 is 32.6. The Kier molecular flexibility index (Phi) is 33.6. The van der Waals surface area contributed by atoms with Gasteiger partial charge in [-0.3, -0.25) is 23.4 Å². The van der Waals surface area contributed by atoms with E-state index in [1.807, 2.05) is 0 Å². The summed E-state index contributed by atoms with van der Waals surface area (Å²) in [5.74, 6) is -2.40. The van der Waals surface area contributed by atoms with Gasteiger partial charge >= 0.3 is 25.7 Å². The van der Waals surface area contributed by atoms with Crippen molar-refractivity contribution in [1.29, 1.82) is 0 Å². The lowest BCUT2D eigenvalue weighted by atomic mass is 10.1. The van der Waals surface area contributed by atoms with Crippen LogP contribution in [-0.4, -0.2) is 59.9 Å². The minimum atomic E-state index is -4.71. The maximum absolute atomic E-state index is 12.5. The number of hydrogen-bond acceptors (Lipinski definition) is 9. The Morgan fingerprint density at radius 1 is 0.588 bits per heavy atom. The van der Waals surface area contributed by atoms with E-state index in [9.17, 15) is 23.8 Å². The lowest BCUT2D eigenvalue weighted by Crippen LogP contribution is -2.34. The third-order valence-electron chi connectivity index (χ3n) is 8.42. The zero-order valence-corrected chi connectivity index (χ0v) is 32.8. The van der Waals surface area contributed by atoms with Gasteiger partial charge in [-0.25, -0.2) is 4.57 Å². The molecule has 51 heavy (non-hydrogen) atoms. The van der Waals surface area contributed by atoms with Gasteiger partial charge in [-0.2, -0.15) is 0 Å². The number of phosphoric ester groups is 1. The maximum atomic E-state index is 12.5. The highest BCUT2D eigenvalue weighted by molar-refractivity contribution is 7.47. The zero-order valence-electron chi connectivity index (χ0n) is 31.9. The molecule has 0 radical (unpaired) electrons. The van der Waals surface area contributed by atoms with Gasteiger partial charge in [0.15, 0.2) is 6.10 Å². The van der Waals surface area contributed by atoms with Crippen LogP contribution in [0.1, 0.15) is 174 Å². The number of carbonyl (C=O) groups excluding carboxylic acids is 2. The van der Waals surface area contributed by atoms with Crippen molar-refractivity contribution in [1.82, 2.24) is 0 Å². The van der Waals surface area contributed by atoms with E-state index in [-0.39, 0.29) is 19.4 Å². The SMILES string of the molecule is CCCCC/C=C/CCCCCCCC(=O)O[C@H](COC(=O)CCCCCCC/C=C/CCCCCCCC)COP(=O)(O)OC[C@H](N)C(=O)O. The van der Waals surface area contributed by atoms with Crippen molar-refractivity contribution in [3.05, 3.63) is 24.3 Å². The first kappa shape index (κ1) is 49.0. The molecule has 0 bridgehead atoms. The molecule has 0 aliphatic rings. The molecular weight excluding hydrogens is 673 g/mol. The van der Waals surface area contributed by atoms with E-state index in [1.54, 1.807) is 0 Å². The summed E-state index contributed by atoms with van der Waals surface area (Å²) >= 11 is 0.